The second-order valence-electron chi connectivity index (χ2n) is 6.46. The molecule has 0 fully saturated rings. The summed E-state index contributed by atoms with van der Waals surface area (Å²) in [4.78, 5) is 18.7. The Morgan fingerprint density at radius 3 is 2.21 bits per heavy atom. The quantitative estimate of drug-likeness (QED) is 0.743. The number of hydrogen-bond donors (Lipinski definition) is 1. The predicted octanol–water partition coefficient (Wildman–Crippen LogP) is 4.43. The molecule has 0 aliphatic carbocycles. The highest BCUT2D eigenvalue weighted by molar-refractivity contribution is 6.13. The number of amidine groups is 1. The summed E-state index contributed by atoms with van der Waals surface area (Å²) in [5.41, 5.74) is 3.34. The highest BCUT2D eigenvalue weighted by atomic mass is 16.2. The molecule has 5 nitrogen and oxygen atoms in total. The van der Waals surface area contributed by atoms with E-state index in [0.717, 1.165) is 11.1 Å². The molecular weight excluding hydrogens is 348 g/mol. The van der Waals surface area contributed by atoms with E-state index in [-0.39, 0.29) is 12.1 Å². The van der Waals surface area contributed by atoms with Gasteiger partial charge in [-0.25, -0.2) is 4.79 Å². The number of benzene rings is 3. The van der Waals surface area contributed by atoms with Gasteiger partial charge in [0.1, 0.15) is 11.9 Å². The number of nitrogens with one attached hydrogen (secondary N) is 1. The second-order valence-corrected chi connectivity index (χ2v) is 6.46. The lowest BCUT2D eigenvalue weighted by Gasteiger charge is -2.26. The summed E-state index contributed by atoms with van der Waals surface area (Å²) in [6.45, 7) is 0.581. The van der Waals surface area contributed by atoms with Crippen molar-refractivity contribution in [2.24, 2.45) is 4.99 Å². The van der Waals surface area contributed by atoms with Crippen LogP contribution < -0.4 is 10.2 Å². The predicted molar refractivity (Wildman–Crippen MR) is 109 cm³/mol. The molecule has 1 heterocycles. The maximum atomic E-state index is 12.8. The summed E-state index contributed by atoms with van der Waals surface area (Å²) in [5.74, 6) is 0.615. The van der Waals surface area contributed by atoms with E-state index in [4.69, 9.17) is 5.26 Å². The number of carbonyl (C=O) groups is 1. The van der Waals surface area contributed by atoms with Gasteiger partial charge in [0.15, 0.2) is 0 Å². The van der Waals surface area contributed by atoms with Crippen LogP contribution in [0.3, 0.4) is 0 Å². The molecular formula is C23H18N4O. The van der Waals surface area contributed by atoms with Gasteiger partial charge in [0, 0.05) is 12.2 Å². The molecule has 0 bridgehead atoms. The molecule has 136 valence electrons. The van der Waals surface area contributed by atoms with E-state index in [9.17, 15) is 4.79 Å². The molecule has 1 N–H and O–H groups in total. The molecule has 1 aliphatic heterocycles. The normalized spacial score (nSPS) is 15.8. The Bertz CT molecular complexity index is 1040. The van der Waals surface area contributed by atoms with Crippen LogP contribution in [0.4, 0.5) is 10.5 Å². The Morgan fingerprint density at radius 1 is 0.929 bits per heavy atom. The molecule has 28 heavy (non-hydrogen) atoms. The Morgan fingerprint density at radius 2 is 1.57 bits per heavy atom. The van der Waals surface area contributed by atoms with Crippen molar-refractivity contribution in [2.45, 2.75) is 12.6 Å². The van der Waals surface area contributed by atoms with Gasteiger partial charge in [-0.1, -0.05) is 60.7 Å². The molecule has 3 aromatic rings. The molecule has 4 rings (SSSR count). The van der Waals surface area contributed by atoms with Crippen molar-refractivity contribution in [1.82, 2.24) is 5.32 Å². The van der Waals surface area contributed by atoms with E-state index in [0.29, 0.717) is 23.6 Å². The molecule has 1 aliphatic rings. The second kappa shape index (κ2) is 7.77. The lowest BCUT2D eigenvalue weighted by molar-refractivity contribution is 0.255. The van der Waals surface area contributed by atoms with Crippen LogP contribution in [0.5, 0.6) is 0 Å². The molecule has 1 unspecified atom stereocenters. The number of aliphatic imine (C=N–C) groups is 1. The molecule has 0 radical (unpaired) electrons. The van der Waals surface area contributed by atoms with E-state index < -0.39 is 0 Å². The zero-order valence-corrected chi connectivity index (χ0v) is 15.1. The number of hydrogen-bond acceptors (Lipinski definition) is 3. The SMILES string of the molecule is N#Cc1ccc(N2C(=O)N=C(NCc3ccccc3)C2c2ccccc2)cc1. The Balaban J connectivity index is 1.66. The zero-order valence-electron chi connectivity index (χ0n) is 15.1. The van der Waals surface area contributed by atoms with Crippen molar-refractivity contribution in [3.8, 4) is 6.07 Å². The monoisotopic (exact) mass is 366 g/mol. The average molecular weight is 366 g/mol. The molecule has 5 heteroatoms. The van der Waals surface area contributed by atoms with E-state index in [1.54, 1.807) is 29.2 Å². The van der Waals surface area contributed by atoms with Crippen LogP contribution in [0.2, 0.25) is 0 Å². The summed E-state index contributed by atoms with van der Waals surface area (Å²) in [6, 6.07) is 28.2. The van der Waals surface area contributed by atoms with E-state index in [2.05, 4.69) is 16.4 Å². The van der Waals surface area contributed by atoms with Crippen LogP contribution in [0.1, 0.15) is 22.7 Å². The first-order chi connectivity index (χ1) is 13.8. The maximum Gasteiger partial charge on any atom is 0.350 e. The third kappa shape index (κ3) is 3.49. The van der Waals surface area contributed by atoms with Gasteiger partial charge in [-0.15, -0.1) is 0 Å². The number of amides is 2. The van der Waals surface area contributed by atoms with Crippen LogP contribution in [0.15, 0.2) is 89.9 Å². The van der Waals surface area contributed by atoms with Gasteiger partial charge in [-0.05, 0) is 35.4 Å². The lowest BCUT2D eigenvalue weighted by Crippen LogP contribution is -2.35. The van der Waals surface area contributed by atoms with Gasteiger partial charge in [-0.2, -0.15) is 10.3 Å². The molecule has 0 aromatic heterocycles. The van der Waals surface area contributed by atoms with E-state index in [1.807, 2.05) is 60.7 Å². The molecule has 3 aromatic carbocycles. The van der Waals surface area contributed by atoms with Gasteiger partial charge in [0.05, 0.1) is 11.6 Å². The van der Waals surface area contributed by atoms with Crippen LogP contribution >= 0.6 is 0 Å². The van der Waals surface area contributed by atoms with Crippen molar-refractivity contribution in [3.63, 3.8) is 0 Å². The first-order valence-electron chi connectivity index (χ1n) is 9.01. The Hall–Kier alpha value is -3.91. The topological polar surface area (TPSA) is 68.5 Å². The van der Waals surface area contributed by atoms with Gasteiger partial charge >= 0.3 is 6.03 Å². The van der Waals surface area contributed by atoms with Gasteiger partial charge in [-0.3, -0.25) is 4.90 Å². The Kier molecular flexibility index (Phi) is 4.85. The van der Waals surface area contributed by atoms with Crippen molar-refractivity contribution in [2.75, 3.05) is 4.90 Å². The Labute approximate surface area is 163 Å². The summed E-state index contributed by atoms with van der Waals surface area (Å²) in [7, 11) is 0. The largest absolute Gasteiger partial charge is 0.367 e. The third-order valence-electron chi connectivity index (χ3n) is 4.65. The first-order valence-corrected chi connectivity index (χ1v) is 9.01. The minimum Gasteiger partial charge on any atom is -0.367 e. The number of rotatable bonds is 4. The van der Waals surface area contributed by atoms with Crippen molar-refractivity contribution < 1.29 is 4.79 Å². The zero-order chi connectivity index (χ0) is 19.3. The molecule has 0 saturated carbocycles. The molecule has 2 amide bonds. The van der Waals surface area contributed by atoms with Crippen molar-refractivity contribution >= 4 is 17.6 Å². The summed E-state index contributed by atoms with van der Waals surface area (Å²) >= 11 is 0. The van der Waals surface area contributed by atoms with Crippen LogP contribution in [0.25, 0.3) is 0 Å². The fourth-order valence-electron chi connectivity index (χ4n) is 3.27. The third-order valence-corrected chi connectivity index (χ3v) is 4.65. The lowest BCUT2D eigenvalue weighted by atomic mass is 10.0. The van der Waals surface area contributed by atoms with E-state index in [1.165, 1.54) is 0 Å². The smallest absolute Gasteiger partial charge is 0.350 e. The number of carbonyl (C=O) groups excluding carboxylic acids is 1. The minimum absolute atomic E-state index is 0.325. The summed E-state index contributed by atoms with van der Waals surface area (Å²) in [6.07, 6.45) is 0. The van der Waals surface area contributed by atoms with E-state index >= 15 is 0 Å². The first kappa shape index (κ1) is 17.5. The average Bonchev–Trinajstić information content (AvgIpc) is 3.09. The van der Waals surface area contributed by atoms with Gasteiger partial charge < -0.3 is 5.32 Å². The van der Waals surface area contributed by atoms with Gasteiger partial charge in [0.2, 0.25) is 0 Å². The standard InChI is InChI=1S/C23H18N4O/c24-15-17-11-13-20(14-12-17)27-21(19-9-5-2-6-10-19)22(26-23(27)28)25-16-18-7-3-1-4-8-18/h1-14,21H,16H2,(H,25,26,28). The van der Waals surface area contributed by atoms with Crippen molar-refractivity contribution in [1.29, 1.82) is 5.26 Å². The van der Waals surface area contributed by atoms with Crippen LogP contribution in [-0.4, -0.2) is 11.9 Å². The molecule has 0 spiro atoms. The fourth-order valence-corrected chi connectivity index (χ4v) is 3.27. The van der Waals surface area contributed by atoms with Crippen LogP contribution in [0, 0.1) is 11.3 Å². The summed E-state index contributed by atoms with van der Waals surface area (Å²) in [5, 5.41) is 12.4. The van der Waals surface area contributed by atoms with Crippen LogP contribution in [-0.2, 0) is 6.54 Å². The number of nitrogens with zero attached hydrogens (tertiary/aromatic N) is 3. The minimum atomic E-state index is -0.342. The highest BCUT2D eigenvalue weighted by Gasteiger charge is 2.37. The maximum absolute atomic E-state index is 12.8. The number of nitriles is 1. The molecule has 0 saturated heterocycles. The summed E-state index contributed by atoms with van der Waals surface area (Å²) < 4.78 is 0. The highest BCUT2D eigenvalue weighted by Crippen LogP contribution is 2.33. The number of anilines is 1. The van der Waals surface area contributed by atoms with Gasteiger partial charge in [0.25, 0.3) is 0 Å². The fraction of sp³-hybridized carbons (Fsp3) is 0.0870. The van der Waals surface area contributed by atoms with Crippen molar-refractivity contribution in [3.05, 3.63) is 102 Å². The molecule has 1 atom stereocenters. The number of urea groups is 1.